The minimum Gasteiger partial charge on any atom is -0.468 e. The number of hydrogen-bond donors (Lipinski definition) is 1. The Kier molecular flexibility index (Phi) is 50.8. The van der Waals surface area contributed by atoms with Crippen LogP contribution in [0.15, 0.2) is 0 Å². The summed E-state index contributed by atoms with van der Waals surface area (Å²) in [4.78, 5) is 37.0. The average Bonchev–Trinajstić information content (AvgIpc) is 3.21. The van der Waals surface area contributed by atoms with Crippen LogP contribution in [-0.2, 0) is 28.6 Å². The number of methoxy groups -OCH3 is 1. The third-order valence-electron chi connectivity index (χ3n) is 11.0. The van der Waals surface area contributed by atoms with Crippen molar-refractivity contribution in [3.05, 3.63) is 0 Å². The lowest BCUT2D eigenvalue weighted by atomic mass is 9.94. The zero-order chi connectivity index (χ0) is 42.1. The molecule has 0 saturated heterocycles. The highest BCUT2D eigenvalue weighted by Gasteiger charge is 2.19. The summed E-state index contributed by atoms with van der Waals surface area (Å²) in [6, 6.07) is 0. The van der Waals surface area contributed by atoms with E-state index in [9.17, 15) is 14.4 Å². The third kappa shape index (κ3) is 46.9. The molecule has 1 amide bonds. The van der Waals surface area contributed by atoms with E-state index in [0.29, 0.717) is 26.2 Å². The summed E-state index contributed by atoms with van der Waals surface area (Å²) in [7, 11) is 1.56. The SMILES string of the molecule is CCCCCCCCC(CCCCCCCC)C(=O)OCCCCCCCN(CCCCCCCC)CCCNC(=O)COC.CCCCCCCCCOC=O. The third-order valence-corrected chi connectivity index (χ3v) is 11.0. The molecule has 340 valence electrons. The molecule has 8 heteroatoms. The Morgan fingerprint density at radius 1 is 0.509 bits per heavy atom. The number of ether oxygens (including phenoxy) is 3. The van der Waals surface area contributed by atoms with Crippen LogP contribution in [0.2, 0.25) is 0 Å². The molecule has 0 aliphatic carbocycles. The number of carbonyl (C=O) groups excluding carboxylic acids is 3. The van der Waals surface area contributed by atoms with E-state index in [1.165, 1.54) is 161 Å². The molecule has 0 unspecified atom stereocenters. The number of carbonyl (C=O) groups is 3. The van der Waals surface area contributed by atoms with Crippen molar-refractivity contribution in [3.8, 4) is 0 Å². The standard InChI is InChI=1S/C39H78N2O4.C10H20O2/c1-5-8-11-14-18-23-29-37(30-24-19-15-12-9-6-2)39(43)45-35-27-22-17-21-26-33-41(32-25-20-16-13-10-7-3)34-28-31-40-38(42)36-44-4;1-2-3-4-5-6-7-8-9-12-10-11/h37H,5-36H2,1-4H3,(H,40,42);10H,2-9H2,1H3. The highest BCUT2D eigenvalue weighted by atomic mass is 16.5. The molecular formula is C49H98N2O6. The fraction of sp³-hybridized carbons (Fsp3) is 0.939. The summed E-state index contributed by atoms with van der Waals surface area (Å²) in [5.41, 5.74) is 0. The second-order valence-electron chi connectivity index (χ2n) is 16.6. The quantitative estimate of drug-likeness (QED) is 0.0372. The molecule has 0 spiro atoms. The van der Waals surface area contributed by atoms with E-state index in [2.05, 4.69) is 42.6 Å². The van der Waals surface area contributed by atoms with Crippen LogP contribution in [0.1, 0.15) is 240 Å². The van der Waals surface area contributed by atoms with Crippen LogP contribution < -0.4 is 5.32 Å². The van der Waals surface area contributed by atoms with Crippen LogP contribution in [-0.4, -0.2) is 76.4 Å². The maximum Gasteiger partial charge on any atom is 0.308 e. The molecule has 8 nitrogen and oxygen atoms in total. The van der Waals surface area contributed by atoms with E-state index in [1.54, 1.807) is 7.11 Å². The van der Waals surface area contributed by atoms with Gasteiger partial charge < -0.3 is 24.4 Å². The van der Waals surface area contributed by atoms with Gasteiger partial charge in [-0.25, -0.2) is 0 Å². The minimum absolute atomic E-state index is 0.0308. The monoisotopic (exact) mass is 811 g/mol. The average molecular weight is 811 g/mol. The van der Waals surface area contributed by atoms with Gasteiger partial charge in [-0.05, 0) is 64.6 Å². The van der Waals surface area contributed by atoms with E-state index in [4.69, 9.17) is 9.47 Å². The largest absolute Gasteiger partial charge is 0.468 e. The molecule has 0 aromatic heterocycles. The molecule has 0 aromatic carbocycles. The van der Waals surface area contributed by atoms with E-state index >= 15 is 0 Å². The van der Waals surface area contributed by atoms with Crippen LogP contribution >= 0.6 is 0 Å². The van der Waals surface area contributed by atoms with Gasteiger partial charge in [0, 0.05) is 13.7 Å². The molecule has 1 N–H and O–H groups in total. The zero-order valence-electron chi connectivity index (χ0n) is 38.8. The number of hydrogen-bond acceptors (Lipinski definition) is 7. The highest BCUT2D eigenvalue weighted by molar-refractivity contribution is 5.77. The normalized spacial score (nSPS) is 11.1. The Bertz CT molecular complexity index is 797. The molecule has 0 aliphatic rings. The molecule has 0 atom stereocenters. The Balaban J connectivity index is 0. The van der Waals surface area contributed by atoms with Gasteiger partial charge in [0.05, 0.1) is 19.1 Å². The van der Waals surface area contributed by atoms with E-state index in [0.717, 1.165) is 71.0 Å². The fourth-order valence-electron chi connectivity index (χ4n) is 7.33. The first-order valence-electron chi connectivity index (χ1n) is 24.7. The number of amides is 1. The smallest absolute Gasteiger partial charge is 0.308 e. The first-order valence-corrected chi connectivity index (χ1v) is 24.7. The van der Waals surface area contributed by atoms with Crippen LogP contribution in [0.25, 0.3) is 0 Å². The Labute approximate surface area is 354 Å². The summed E-state index contributed by atoms with van der Waals surface area (Å²) in [5, 5.41) is 2.95. The Morgan fingerprint density at radius 3 is 1.33 bits per heavy atom. The molecule has 0 saturated carbocycles. The number of unbranched alkanes of at least 4 members (excludes halogenated alkanes) is 25. The fourth-order valence-corrected chi connectivity index (χ4v) is 7.33. The maximum absolute atomic E-state index is 13.0. The second kappa shape index (κ2) is 50.5. The second-order valence-corrected chi connectivity index (χ2v) is 16.6. The lowest BCUT2D eigenvalue weighted by Crippen LogP contribution is -2.32. The van der Waals surface area contributed by atoms with E-state index in [1.807, 2.05) is 0 Å². The van der Waals surface area contributed by atoms with Crippen molar-refractivity contribution in [3.63, 3.8) is 0 Å². The van der Waals surface area contributed by atoms with Crippen molar-refractivity contribution < 1.29 is 28.6 Å². The van der Waals surface area contributed by atoms with Gasteiger partial charge in [0.2, 0.25) is 5.91 Å². The Morgan fingerprint density at radius 2 is 0.895 bits per heavy atom. The molecule has 0 bridgehead atoms. The van der Waals surface area contributed by atoms with Gasteiger partial charge in [-0.15, -0.1) is 0 Å². The van der Waals surface area contributed by atoms with E-state index in [-0.39, 0.29) is 24.4 Å². The van der Waals surface area contributed by atoms with Crippen LogP contribution in [0.5, 0.6) is 0 Å². The summed E-state index contributed by atoms with van der Waals surface area (Å²) < 4.78 is 15.3. The molecule has 0 fully saturated rings. The number of rotatable bonds is 45. The molecule has 57 heavy (non-hydrogen) atoms. The first-order chi connectivity index (χ1) is 28.0. The molecule has 0 aromatic rings. The van der Waals surface area contributed by atoms with Crippen molar-refractivity contribution in [2.24, 2.45) is 5.92 Å². The van der Waals surface area contributed by atoms with Gasteiger partial charge >= 0.3 is 5.97 Å². The first kappa shape index (κ1) is 57.4. The number of nitrogens with zero attached hydrogens (tertiary/aromatic N) is 1. The molecule has 0 rings (SSSR count). The number of esters is 1. The summed E-state index contributed by atoms with van der Waals surface area (Å²) >= 11 is 0. The summed E-state index contributed by atoms with van der Waals surface area (Å²) in [6.45, 7) is 14.9. The van der Waals surface area contributed by atoms with Gasteiger partial charge in [-0.1, -0.05) is 195 Å². The highest BCUT2D eigenvalue weighted by Crippen LogP contribution is 2.21. The lowest BCUT2D eigenvalue weighted by molar-refractivity contribution is -0.149. The van der Waals surface area contributed by atoms with Crippen molar-refractivity contribution in [1.29, 1.82) is 0 Å². The van der Waals surface area contributed by atoms with Crippen molar-refractivity contribution in [2.45, 2.75) is 240 Å². The van der Waals surface area contributed by atoms with Crippen molar-refractivity contribution >= 4 is 18.3 Å². The van der Waals surface area contributed by atoms with Gasteiger partial charge in [0.15, 0.2) is 0 Å². The van der Waals surface area contributed by atoms with Gasteiger partial charge in [0.1, 0.15) is 6.61 Å². The van der Waals surface area contributed by atoms with Gasteiger partial charge in [0.25, 0.3) is 6.47 Å². The molecule has 0 aliphatic heterocycles. The summed E-state index contributed by atoms with van der Waals surface area (Å²) in [6.07, 6.45) is 40.8. The Hall–Kier alpha value is -1.67. The molecule has 0 radical (unpaired) electrons. The maximum atomic E-state index is 13.0. The van der Waals surface area contributed by atoms with Crippen molar-refractivity contribution in [2.75, 3.05) is 53.1 Å². The molecule has 0 heterocycles. The van der Waals surface area contributed by atoms with E-state index < -0.39 is 0 Å². The van der Waals surface area contributed by atoms with Crippen LogP contribution in [0.3, 0.4) is 0 Å². The van der Waals surface area contributed by atoms with Gasteiger partial charge in [-0.2, -0.15) is 0 Å². The lowest BCUT2D eigenvalue weighted by Gasteiger charge is -2.22. The zero-order valence-corrected chi connectivity index (χ0v) is 38.8. The molecular weight excluding hydrogens is 713 g/mol. The topological polar surface area (TPSA) is 94.2 Å². The predicted molar refractivity (Wildman–Crippen MR) is 243 cm³/mol. The predicted octanol–water partition coefficient (Wildman–Crippen LogP) is 13.3. The van der Waals surface area contributed by atoms with Crippen LogP contribution in [0, 0.1) is 5.92 Å². The van der Waals surface area contributed by atoms with Gasteiger partial charge in [-0.3, -0.25) is 14.4 Å². The minimum atomic E-state index is -0.0308. The number of nitrogens with one attached hydrogen (secondary N) is 1. The summed E-state index contributed by atoms with van der Waals surface area (Å²) in [5.74, 6) is 0.144. The van der Waals surface area contributed by atoms with Crippen molar-refractivity contribution in [1.82, 2.24) is 10.2 Å². The van der Waals surface area contributed by atoms with Crippen LogP contribution in [0.4, 0.5) is 0 Å².